The van der Waals surface area contributed by atoms with Crippen molar-refractivity contribution in [3.63, 3.8) is 0 Å². The number of aliphatic hydroxyl groups is 2. The molecule has 0 aromatic carbocycles. The van der Waals surface area contributed by atoms with Crippen molar-refractivity contribution in [2.75, 3.05) is 13.2 Å². The minimum atomic E-state index is -0.838. The third-order valence-electron chi connectivity index (χ3n) is 17.3. The van der Waals surface area contributed by atoms with Crippen LogP contribution in [0.1, 0.15) is 418 Å². The standard InChI is InChI=1S/C73H143NO5/c1-3-5-7-9-11-13-15-47-51-55-59-63-67-73(78)79-68-64-60-56-52-48-44-42-40-38-36-34-32-30-28-26-24-22-20-18-16-17-19-21-23-25-27-29-31-33-35-37-39-41-43-46-50-54-58-62-66-72(77)74-70(69-75)71(76)65-61-57-53-49-45-14-12-10-8-6-4-2/h61,65,70-71,75-76H,3-60,62-64,66-69H2,1-2H3,(H,74,77)/b65-61+. The normalized spacial score (nSPS) is 12.5. The maximum absolute atomic E-state index is 12.4. The van der Waals surface area contributed by atoms with Gasteiger partial charge in [-0.1, -0.05) is 386 Å². The quantitative estimate of drug-likeness (QED) is 0.0320. The van der Waals surface area contributed by atoms with Crippen molar-refractivity contribution in [3.05, 3.63) is 12.2 Å². The third-order valence-corrected chi connectivity index (χ3v) is 17.3. The summed E-state index contributed by atoms with van der Waals surface area (Å²) in [4.78, 5) is 24.5. The van der Waals surface area contributed by atoms with E-state index in [4.69, 9.17) is 4.74 Å². The molecule has 0 spiro atoms. The molecule has 0 rings (SSSR count). The van der Waals surface area contributed by atoms with Gasteiger partial charge in [-0.25, -0.2) is 0 Å². The molecule has 0 aliphatic heterocycles. The molecule has 0 fully saturated rings. The fourth-order valence-corrected chi connectivity index (χ4v) is 11.8. The summed E-state index contributed by atoms with van der Waals surface area (Å²) in [5.41, 5.74) is 0. The number of aliphatic hydroxyl groups excluding tert-OH is 2. The van der Waals surface area contributed by atoms with Gasteiger partial charge in [0.15, 0.2) is 0 Å². The first-order valence-corrected chi connectivity index (χ1v) is 36.5. The second-order valence-corrected chi connectivity index (χ2v) is 25.3. The average Bonchev–Trinajstić information content (AvgIpc) is 3.45. The van der Waals surface area contributed by atoms with Crippen LogP contribution >= 0.6 is 0 Å². The number of esters is 1. The number of rotatable bonds is 69. The number of hydrogen-bond donors (Lipinski definition) is 3. The molecule has 6 nitrogen and oxygen atoms in total. The SMILES string of the molecule is CCCCCCCCCCC/C=C/C(O)C(CO)NC(=O)CCCCCCCCCCCCCCCCCCCCCCCCCCCCCCCCCCCCCCCCCOC(=O)CCCCCCCCCCCCCC. The predicted molar refractivity (Wildman–Crippen MR) is 347 cm³/mol. The van der Waals surface area contributed by atoms with Crippen LogP contribution in [0.3, 0.4) is 0 Å². The molecule has 2 atom stereocenters. The van der Waals surface area contributed by atoms with Crippen molar-refractivity contribution < 1.29 is 24.5 Å². The number of amides is 1. The van der Waals surface area contributed by atoms with Crippen LogP contribution in [-0.2, 0) is 14.3 Å². The zero-order valence-electron chi connectivity index (χ0n) is 53.9. The van der Waals surface area contributed by atoms with Gasteiger partial charge in [-0.3, -0.25) is 9.59 Å². The van der Waals surface area contributed by atoms with E-state index in [0.29, 0.717) is 19.4 Å². The Morgan fingerprint density at radius 3 is 0.861 bits per heavy atom. The van der Waals surface area contributed by atoms with Crippen molar-refractivity contribution in [2.24, 2.45) is 0 Å². The highest BCUT2D eigenvalue weighted by Crippen LogP contribution is 2.20. The molecule has 0 saturated heterocycles. The third kappa shape index (κ3) is 65.6. The summed E-state index contributed by atoms with van der Waals surface area (Å²) in [5.74, 6) is -0.0357. The topological polar surface area (TPSA) is 95.9 Å². The van der Waals surface area contributed by atoms with Crippen LogP contribution in [0.15, 0.2) is 12.2 Å². The molecule has 470 valence electrons. The van der Waals surface area contributed by atoms with Crippen LogP contribution in [-0.4, -0.2) is 47.4 Å². The highest BCUT2D eigenvalue weighted by molar-refractivity contribution is 5.76. The largest absolute Gasteiger partial charge is 0.466 e. The molecule has 0 aliphatic rings. The summed E-state index contributed by atoms with van der Waals surface area (Å²) < 4.78 is 5.49. The molecule has 0 heterocycles. The molecular formula is C73H143NO5. The van der Waals surface area contributed by atoms with E-state index in [2.05, 4.69) is 19.2 Å². The van der Waals surface area contributed by atoms with Gasteiger partial charge in [0.05, 0.1) is 25.4 Å². The first-order valence-electron chi connectivity index (χ1n) is 36.5. The molecule has 3 N–H and O–H groups in total. The molecule has 0 aliphatic carbocycles. The van der Waals surface area contributed by atoms with Gasteiger partial charge in [0.25, 0.3) is 0 Å². The van der Waals surface area contributed by atoms with Gasteiger partial charge < -0.3 is 20.3 Å². The van der Waals surface area contributed by atoms with Crippen LogP contribution in [0.4, 0.5) is 0 Å². The van der Waals surface area contributed by atoms with Gasteiger partial charge in [0, 0.05) is 12.8 Å². The van der Waals surface area contributed by atoms with Gasteiger partial charge >= 0.3 is 5.97 Å². The van der Waals surface area contributed by atoms with Gasteiger partial charge in [-0.05, 0) is 32.1 Å². The average molecular weight is 1110 g/mol. The summed E-state index contributed by atoms with van der Waals surface area (Å²) in [6.45, 7) is 4.93. The Labute approximate surface area is 495 Å². The van der Waals surface area contributed by atoms with Crippen molar-refractivity contribution in [3.8, 4) is 0 Å². The Balaban J connectivity index is 3.27. The molecule has 0 radical (unpaired) electrons. The second kappa shape index (κ2) is 69.1. The molecule has 2 unspecified atom stereocenters. The summed E-state index contributed by atoms with van der Waals surface area (Å²) >= 11 is 0. The zero-order chi connectivity index (χ0) is 57.1. The number of nitrogens with one attached hydrogen (secondary N) is 1. The molecule has 0 aromatic heterocycles. The number of allylic oxidation sites excluding steroid dienone is 1. The lowest BCUT2D eigenvalue weighted by Crippen LogP contribution is -2.45. The van der Waals surface area contributed by atoms with E-state index in [1.807, 2.05) is 6.08 Å². The highest BCUT2D eigenvalue weighted by Gasteiger charge is 2.18. The molecule has 0 aromatic rings. The first kappa shape index (κ1) is 77.6. The minimum Gasteiger partial charge on any atom is -0.466 e. The maximum atomic E-state index is 12.4. The summed E-state index contributed by atoms with van der Waals surface area (Å²) in [7, 11) is 0. The lowest BCUT2D eigenvalue weighted by Gasteiger charge is -2.20. The van der Waals surface area contributed by atoms with Gasteiger partial charge in [-0.15, -0.1) is 0 Å². The lowest BCUT2D eigenvalue weighted by molar-refractivity contribution is -0.143. The van der Waals surface area contributed by atoms with E-state index in [1.54, 1.807) is 6.08 Å². The van der Waals surface area contributed by atoms with E-state index in [1.165, 1.54) is 353 Å². The van der Waals surface area contributed by atoms with E-state index in [-0.39, 0.29) is 18.5 Å². The monoisotopic (exact) mass is 1110 g/mol. The molecule has 0 saturated carbocycles. The molecule has 6 heteroatoms. The number of carbonyl (C=O) groups is 2. The van der Waals surface area contributed by atoms with Crippen molar-refractivity contribution >= 4 is 11.9 Å². The number of carbonyl (C=O) groups excluding carboxylic acids is 2. The van der Waals surface area contributed by atoms with Crippen molar-refractivity contribution in [1.82, 2.24) is 5.32 Å². The maximum Gasteiger partial charge on any atom is 0.305 e. The van der Waals surface area contributed by atoms with Crippen molar-refractivity contribution in [1.29, 1.82) is 0 Å². The number of ether oxygens (including phenoxy) is 1. The molecular weight excluding hydrogens is 971 g/mol. The number of unbranched alkanes of at least 4 members (excludes halogenated alkanes) is 58. The fraction of sp³-hybridized carbons (Fsp3) is 0.945. The summed E-state index contributed by atoms with van der Waals surface area (Å²) in [5, 5.41) is 23.1. The van der Waals surface area contributed by atoms with Crippen LogP contribution < -0.4 is 5.32 Å². The Morgan fingerprint density at radius 2 is 0.582 bits per heavy atom. The van der Waals surface area contributed by atoms with E-state index in [9.17, 15) is 19.8 Å². The van der Waals surface area contributed by atoms with E-state index in [0.717, 1.165) is 38.5 Å². The first-order chi connectivity index (χ1) is 39.0. The second-order valence-electron chi connectivity index (χ2n) is 25.3. The van der Waals surface area contributed by atoms with E-state index < -0.39 is 12.1 Å². The minimum absolute atomic E-state index is 0.0253. The van der Waals surface area contributed by atoms with Crippen molar-refractivity contribution in [2.45, 2.75) is 431 Å². The van der Waals surface area contributed by atoms with E-state index >= 15 is 0 Å². The Morgan fingerprint density at radius 1 is 0.342 bits per heavy atom. The Hall–Kier alpha value is -1.40. The van der Waals surface area contributed by atoms with Crippen LogP contribution in [0.2, 0.25) is 0 Å². The van der Waals surface area contributed by atoms with Gasteiger partial charge in [0.1, 0.15) is 0 Å². The van der Waals surface area contributed by atoms with Crippen LogP contribution in [0, 0.1) is 0 Å². The Kier molecular flexibility index (Phi) is 67.9. The molecule has 0 bridgehead atoms. The van der Waals surface area contributed by atoms with Gasteiger partial charge in [0.2, 0.25) is 5.91 Å². The Bertz CT molecular complexity index is 1190. The lowest BCUT2D eigenvalue weighted by atomic mass is 10.0. The summed E-state index contributed by atoms with van der Waals surface area (Å²) in [6.07, 6.45) is 86.2. The zero-order valence-corrected chi connectivity index (χ0v) is 53.9. The van der Waals surface area contributed by atoms with Gasteiger partial charge in [-0.2, -0.15) is 0 Å². The molecule has 1 amide bonds. The van der Waals surface area contributed by atoms with Crippen LogP contribution in [0.25, 0.3) is 0 Å². The summed E-state index contributed by atoms with van der Waals surface area (Å²) in [6, 6.07) is -0.621. The fourth-order valence-electron chi connectivity index (χ4n) is 11.8. The predicted octanol–water partition coefficient (Wildman–Crippen LogP) is 23.5. The molecule has 79 heavy (non-hydrogen) atoms. The van der Waals surface area contributed by atoms with Crippen LogP contribution in [0.5, 0.6) is 0 Å². The number of hydrogen-bond acceptors (Lipinski definition) is 5. The highest BCUT2D eigenvalue weighted by atomic mass is 16.5. The smallest absolute Gasteiger partial charge is 0.305 e.